The van der Waals surface area contributed by atoms with Gasteiger partial charge in [-0.05, 0) is 30.5 Å². The van der Waals surface area contributed by atoms with Crippen molar-refractivity contribution in [3.63, 3.8) is 0 Å². The van der Waals surface area contributed by atoms with Gasteiger partial charge in [-0.2, -0.15) is 0 Å². The van der Waals surface area contributed by atoms with Gasteiger partial charge in [0.05, 0.1) is 6.10 Å². The normalized spacial score (nSPS) is 18.2. The Labute approximate surface area is 113 Å². The number of nitrogens with zero attached hydrogens (tertiary/aromatic N) is 2. The summed E-state index contributed by atoms with van der Waals surface area (Å²) in [7, 11) is 0. The summed E-state index contributed by atoms with van der Waals surface area (Å²) in [6.45, 7) is 1.88. The Balaban J connectivity index is 1.74. The molecule has 98 valence electrons. The molecule has 19 heavy (non-hydrogen) atoms. The third-order valence-corrected chi connectivity index (χ3v) is 3.70. The second-order valence-electron chi connectivity index (χ2n) is 4.96. The van der Waals surface area contributed by atoms with Crippen LogP contribution < -0.4 is 4.90 Å². The van der Waals surface area contributed by atoms with Gasteiger partial charge in [-0.15, -0.1) is 0 Å². The van der Waals surface area contributed by atoms with Crippen LogP contribution in [-0.4, -0.2) is 23.2 Å². The van der Waals surface area contributed by atoms with Crippen LogP contribution >= 0.6 is 0 Å². The van der Waals surface area contributed by atoms with Gasteiger partial charge in [0.1, 0.15) is 0 Å². The fourth-order valence-corrected chi connectivity index (χ4v) is 2.65. The summed E-state index contributed by atoms with van der Waals surface area (Å²) in [5.74, 6) is 0. The molecule has 2 aromatic rings. The zero-order valence-electron chi connectivity index (χ0n) is 10.9. The van der Waals surface area contributed by atoms with E-state index in [-0.39, 0.29) is 6.10 Å². The Morgan fingerprint density at radius 3 is 2.95 bits per heavy atom. The van der Waals surface area contributed by atoms with Crippen LogP contribution in [0.25, 0.3) is 0 Å². The SMILES string of the molecule is OC1CCN(CCc2cccnc2)c2ccccc21. The second-order valence-corrected chi connectivity index (χ2v) is 4.96. The number of benzene rings is 1. The highest BCUT2D eigenvalue weighted by Gasteiger charge is 2.22. The van der Waals surface area contributed by atoms with Crippen molar-refractivity contribution in [2.24, 2.45) is 0 Å². The van der Waals surface area contributed by atoms with E-state index in [1.807, 2.05) is 30.5 Å². The minimum atomic E-state index is -0.314. The largest absolute Gasteiger partial charge is 0.388 e. The molecule has 0 spiro atoms. The average molecular weight is 254 g/mol. The van der Waals surface area contributed by atoms with E-state index in [1.54, 1.807) is 6.20 Å². The molecule has 3 heteroatoms. The van der Waals surface area contributed by atoms with Gasteiger partial charge in [0.2, 0.25) is 0 Å². The lowest BCUT2D eigenvalue weighted by Gasteiger charge is -2.33. The summed E-state index contributed by atoms with van der Waals surface area (Å²) >= 11 is 0. The molecule has 1 atom stereocenters. The van der Waals surface area contributed by atoms with E-state index >= 15 is 0 Å². The summed E-state index contributed by atoms with van der Waals surface area (Å²) in [5, 5.41) is 10.0. The fraction of sp³-hybridized carbons (Fsp3) is 0.312. The van der Waals surface area contributed by atoms with E-state index < -0.39 is 0 Å². The van der Waals surface area contributed by atoms with Crippen molar-refractivity contribution in [3.8, 4) is 0 Å². The number of para-hydroxylation sites is 1. The molecule has 3 rings (SSSR count). The molecule has 0 aliphatic carbocycles. The quantitative estimate of drug-likeness (QED) is 0.914. The van der Waals surface area contributed by atoms with Crippen molar-refractivity contribution in [1.29, 1.82) is 0 Å². The number of aromatic nitrogens is 1. The number of rotatable bonds is 3. The minimum Gasteiger partial charge on any atom is -0.388 e. The molecule has 1 N–H and O–H groups in total. The zero-order chi connectivity index (χ0) is 13.1. The molecular weight excluding hydrogens is 236 g/mol. The van der Waals surface area contributed by atoms with E-state index in [9.17, 15) is 5.11 Å². The van der Waals surface area contributed by atoms with Crippen molar-refractivity contribution in [1.82, 2.24) is 4.98 Å². The van der Waals surface area contributed by atoms with Gasteiger partial charge in [-0.1, -0.05) is 24.3 Å². The van der Waals surface area contributed by atoms with Crippen molar-refractivity contribution in [2.45, 2.75) is 18.9 Å². The van der Waals surface area contributed by atoms with Crippen LogP contribution in [0.5, 0.6) is 0 Å². The van der Waals surface area contributed by atoms with Crippen molar-refractivity contribution >= 4 is 5.69 Å². The molecule has 1 aromatic heterocycles. The zero-order valence-corrected chi connectivity index (χ0v) is 10.9. The summed E-state index contributed by atoms with van der Waals surface area (Å²) in [5.41, 5.74) is 3.48. The first-order chi connectivity index (χ1) is 9.34. The topological polar surface area (TPSA) is 36.4 Å². The summed E-state index contributed by atoms with van der Waals surface area (Å²) in [6.07, 6.45) is 5.20. The van der Waals surface area contributed by atoms with Crippen LogP contribution in [0.1, 0.15) is 23.7 Å². The highest BCUT2D eigenvalue weighted by atomic mass is 16.3. The van der Waals surface area contributed by atoms with Crippen LogP contribution in [0.3, 0.4) is 0 Å². The van der Waals surface area contributed by atoms with E-state index in [4.69, 9.17) is 0 Å². The molecule has 0 saturated heterocycles. The number of anilines is 1. The van der Waals surface area contributed by atoms with Crippen molar-refractivity contribution in [2.75, 3.05) is 18.0 Å². The summed E-state index contributed by atoms with van der Waals surface area (Å²) < 4.78 is 0. The number of hydrogen-bond acceptors (Lipinski definition) is 3. The van der Waals surface area contributed by atoms with Crippen LogP contribution in [0, 0.1) is 0 Å². The number of aliphatic hydroxyl groups excluding tert-OH is 1. The first-order valence-corrected chi connectivity index (χ1v) is 6.75. The van der Waals surface area contributed by atoms with Crippen molar-refractivity contribution < 1.29 is 5.11 Å². The van der Waals surface area contributed by atoms with Gasteiger partial charge >= 0.3 is 0 Å². The maximum Gasteiger partial charge on any atom is 0.0826 e. The Kier molecular flexibility index (Phi) is 3.47. The lowest BCUT2D eigenvalue weighted by molar-refractivity contribution is 0.164. The molecule has 0 radical (unpaired) electrons. The van der Waals surface area contributed by atoms with Gasteiger partial charge in [-0.3, -0.25) is 4.98 Å². The summed E-state index contributed by atoms with van der Waals surface area (Å²) in [4.78, 5) is 6.50. The van der Waals surface area contributed by atoms with Gasteiger partial charge in [0, 0.05) is 36.7 Å². The molecule has 0 amide bonds. The smallest absolute Gasteiger partial charge is 0.0826 e. The molecule has 1 aromatic carbocycles. The Hall–Kier alpha value is -1.87. The molecule has 1 unspecified atom stereocenters. The van der Waals surface area contributed by atoms with Crippen LogP contribution in [0.2, 0.25) is 0 Å². The fourth-order valence-electron chi connectivity index (χ4n) is 2.65. The highest BCUT2D eigenvalue weighted by molar-refractivity contribution is 5.56. The third kappa shape index (κ3) is 2.61. The highest BCUT2D eigenvalue weighted by Crippen LogP contribution is 2.33. The lowest BCUT2D eigenvalue weighted by Crippen LogP contribution is -2.32. The van der Waals surface area contributed by atoms with E-state index in [1.165, 1.54) is 11.3 Å². The Bertz CT molecular complexity index is 541. The number of hydrogen-bond donors (Lipinski definition) is 1. The third-order valence-electron chi connectivity index (χ3n) is 3.70. The van der Waals surface area contributed by atoms with Crippen LogP contribution in [0.4, 0.5) is 5.69 Å². The lowest BCUT2D eigenvalue weighted by atomic mass is 9.98. The van der Waals surface area contributed by atoms with Crippen LogP contribution in [-0.2, 0) is 6.42 Å². The molecule has 1 aliphatic heterocycles. The number of pyridine rings is 1. The predicted octanol–water partition coefficient (Wildman–Crippen LogP) is 2.57. The van der Waals surface area contributed by atoms with E-state index in [2.05, 4.69) is 22.0 Å². The standard InChI is InChI=1S/C16H18N2O/c19-16-8-11-18(15-6-2-1-5-14(15)16)10-7-13-4-3-9-17-12-13/h1-6,9,12,16,19H,7-8,10-11H2. The molecular formula is C16H18N2O. The molecule has 2 heterocycles. The molecule has 3 nitrogen and oxygen atoms in total. The number of aliphatic hydroxyl groups is 1. The molecule has 0 fully saturated rings. The first-order valence-electron chi connectivity index (χ1n) is 6.75. The average Bonchev–Trinajstić information content (AvgIpc) is 2.48. The Morgan fingerprint density at radius 1 is 1.21 bits per heavy atom. The first kappa shape index (κ1) is 12.2. The van der Waals surface area contributed by atoms with Gasteiger partial charge in [0.15, 0.2) is 0 Å². The molecule has 1 aliphatic rings. The van der Waals surface area contributed by atoms with Gasteiger partial charge in [0.25, 0.3) is 0 Å². The summed E-state index contributed by atoms with van der Waals surface area (Å²) in [6, 6.07) is 12.2. The van der Waals surface area contributed by atoms with E-state index in [0.29, 0.717) is 0 Å². The monoisotopic (exact) mass is 254 g/mol. The second kappa shape index (κ2) is 5.41. The maximum absolute atomic E-state index is 10.0. The Morgan fingerprint density at radius 2 is 2.11 bits per heavy atom. The minimum absolute atomic E-state index is 0.314. The van der Waals surface area contributed by atoms with Crippen LogP contribution in [0.15, 0.2) is 48.8 Å². The van der Waals surface area contributed by atoms with Gasteiger partial charge in [-0.25, -0.2) is 0 Å². The van der Waals surface area contributed by atoms with E-state index in [0.717, 1.165) is 31.5 Å². The predicted molar refractivity (Wildman–Crippen MR) is 76.2 cm³/mol. The van der Waals surface area contributed by atoms with Gasteiger partial charge < -0.3 is 10.0 Å². The molecule has 0 bridgehead atoms. The molecule has 0 saturated carbocycles. The number of fused-ring (bicyclic) bond motifs is 1. The van der Waals surface area contributed by atoms with Crippen molar-refractivity contribution in [3.05, 3.63) is 59.9 Å². The maximum atomic E-state index is 10.0.